The van der Waals surface area contributed by atoms with Crippen LogP contribution in [0.4, 0.5) is 0 Å². The fourth-order valence-corrected chi connectivity index (χ4v) is 2.90. The van der Waals surface area contributed by atoms with E-state index in [1.165, 1.54) is 38.8 Å². The van der Waals surface area contributed by atoms with Crippen LogP contribution in [0.1, 0.15) is 58.8 Å². The molecule has 0 aromatic carbocycles. The van der Waals surface area contributed by atoms with Crippen molar-refractivity contribution >= 4 is 5.91 Å². The van der Waals surface area contributed by atoms with Crippen molar-refractivity contribution in [2.45, 2.75) is 58.8 Å². The van der Waals surface area contributed by atoms with Gasteiger partial charge in [0, 0.05) is 6.42 Å². The molecule has 0 spiro atoms. The standard InChI is InChI=1S/C14H29N3O/c1-3-14(4-2)8-11-17(12-9-14)10-6-5-7-13(18)16-15/h3-12,15H2,1-2H3,(H,16,18). The van der Waals surface area contributed by atoms with E-state index in [1.807, 2.05) is 0 Å². The van der Waals surface area contributed by atoms with Gasteiger partial charge in [-0.25, -0.2) is 5.84 Å². The Balaban J connectivity index is 2.14. The highest BCUT2D eigenvalue weighted by Crippen LogP contribution is 2.37. The molecule has 18 heavy (non-hydrogen) atoms. The van der Waals surface area contributed by atoms with Crippen LogP contribution in [0.5, 0.6) is 0 Å². The number of amides is 1. The Morgan fingerprint density at radius 3 is 2.33 bits per heavy atom. The van der Waals surface area contributed by atoms with Gasteiger partial charge in [-0.1, -0.05) is 26.7 Å². The number of hydrazine groups is 1. The summed E-state index contributed by atoms with van der Waals surface area (Å²) >= 11 is 0. The molecule has 1 heterocycles. The normalized spacial score (nSPS) is 19.7. The van der Waals surface area contributed by atoms with Crippen LogP contribution in [0.3, 0.4) is 0 Å². The molecule has 0 unspecified atom stereocenters. The lowest BCUT2D eigenvalue weighted by Crippen LogP contribution is -2.40. The van der Waals surface area contributed by atoms with Gasteiger partial charge in [0.25, 0.3) is 0 Å². The first kappa shape index (κ1) is 15.4. The minimum absolute atomic E-state index is 0.0513. The number of carbonyl (C=O) groups excluding carboxylic acids is 1. The molecule has 0 aliphatic carbocycles. The third kappa shape index (κ3) is 4.58. The Morgan fingerprint density at radius 1 is 1.22 bits per heavy atom. The number of piperidine rings is 1. The molecule has 0 aromatic rings. The van der Waals surface area contributed by atoms with Gasteiger partial charge >= 0.3 is 0 Å². The summed E-state index contributed by atoms with van der Waals surface area (Å²) in [5, 5.41) is 0. The van der Waals surface area contributed by atoms with Gasteiger partial charge in [0.1, 0.15) is 0 Å². The number of hydrogen-bond acceptors (Lipinski definition) is 3. The van der Waals surface area contributed by atoms with Gasteiger partial charge in [-0.15, -0.1) is 0 Å². The molecule has 1 aliphatic rings. The first-order valence-electron chi connectivity index (χ1n) is 7.37. The maximum absolute atomic E-state index is 11.0. The zero-order valence-electron chi connectivity index (χ0n) is 12.0. The molecule has 0 aromatic heterocycles. The summed E-state index contributed by atoms with van der Waals surface area (Å²) in [7, 11) is 0. The minimum atomic E-state index is -0.0513. The maximum atomic E-state index is 11.0. The number of carbonyl (C=O) groups is 1. The highest BCUT2D eigenvalue weighted by atomic mass is 16.2. The quantitative estimate of drug-likeness (QED) is 0.317. The van der Waals surface area contributed by atoms with Crippen LogP contribution in [0, 0.1) is 5.41 Å². The Morgan fingerprint density at radius 2 is 1.83 bits per heavy atom. The van der Waals surface area contributed by atoms with Crippen molar-refractivity contribution in [3.8, 4) is 0 Å². The van der Waals surface area contributed by atoms with Gasteiger partial charge in [0.15, 0.2) is 0 Å². The summed E-state index contributed by atoms with van der Waals surface area (Å²) in [4.78, 5) is 13.5. The monoisotopic (exact) mass is 255 g/mol. The number of unbranched alkanes of at least 4 members (excludes halogenated alkanes) is 1. The highest BCUT2D eigenvalue weighted by molar-refractivity contribution is 5.75. The van der Waals surface area contributed by atoms with Crippen LogP contribution < -0.4 is 11.3 Å². The molecule has 1 aliphatic heterocycles. The summed E-state index contributed by atoms with van der Waals surface area (Å²) in [6.07, 6.45) is 7.89. The van der Waals surface area contributed by atoms with E-state index >= 15 is 0 Å². The number of nitrogens with two attached hydrogens (primary N) is 1. The lowest BCUT2D eigenvalue weighted by Gasteiger charge is -2.41. The third-order valence-electron chi connectivity index (χ3n) is 4.71. The first-order chi connectivity index (χ1) is 8.65. The molecule has 0 bridgehead atoms. The van der Waals surface area contributed by atoms with E-state index in [0.717, 1.165) is 19.4 Å². The zero-order chi connectivity index (χ0) is 13.4. The largest absolute Gasteiger partial charge is 0.303 e. The van der Waals surface area contributed by atoms with E-state index in [2.05, 4.69) is 24.2 Å². The number of nitrogens with zero attached hydrogens (tertiary/aromatic N) is 1. The molecule has 4 nitrogen and oxygen atoms in total. The van der Waals surface area contributed by atoms with Crippen LogP contribution in [-0.2, 0) is 4.79 Å². The van der Waals surface area contributed by atoms with E-state index < -0.39 is 0 Å². The van der Waals surface area contributed by atoms with Gasteiger partial charge < -0.3 is 4.90 Å². The number of nitrogens with one attached hydrogen (secondary N) is 1. The Labute approximate surface area is 111 Å². The van der Waals surface area contributed by atoms with Crippen molar-refractivity contribution in [3.63, 3.8) is 0 Å². The molecule has 0 radical (unpaired) electrons. The summed E-state index contributed by atoms with van der Waals surface area (Å²) < 4.78 is 0. The van der Waals surface area contributed by atoms with Crippen molar-refractivity contribution in [2.75, 3.05) is 19.6 Å². The predicted molar refractivity (Wildman–Crippen MR) is 74.9 cm³/mol. The Kier molecular flexibility index (Phi) is 6.65. The summed E-state index contributed by atoms with van der Waals surface area (Å²) in [6, 6.07) is 0. The zero-order valence-corrected chi connectivity index (χ0v) is 12.0. The van der Waals surface area contributed by atoms with Crippen molar-refractivity contribution < 1.29 is 4.79 Å². The maximum Gasteiger partial charge on any atom is 0.233 e. The second-order valence-electron chi connectivity index (χ2n) is 5.57. The molecule has 106 valence electrons. The van der Waals surface area contributed by atoms with Gasteiger partial charge in [0.05, 0.1) is 0 Å². The average Bonchev–Trinajstić information content (AvgIpc) is 2.44. The second-order valence-corrected chi connectivity index (χ2v) is 5.57. The van der Waals surface area contributed by atoms with E-state index in [0.29, 0.717) is 11.8 Å². The number of hydrogen-bond donors (Lipinski definition) is 2. The summed E-state index contributed by atoms with van der Waals surface area (Å²) in [5.41, 5.74) is 2.78. The molecule has 1 fully saturated rings. The van der Waals surface area contributed by atoms with Gasteiger partial charge in [-0.3, -0.25) is 10.2 Å². The van der Waals surface area contributed by atoms with E-state index in [-0.39, 0.29) is 5.91 Å². The summed E-state index contributed by atoms with van der Waals surface area (Å²) in [6.45, 7) is 8.23. The summed E-state index contributed by atoms with van der Waals surface area (Å²) in [5.74, 6) is 5.00. The average molecular weight is 255 g/mol. The molecule has 0 atom stereocenters. The van der Waals surface area contributed by atoms with Crippen LogP contribution >= 0.6 is 0 Å². The van der Waals surface area contributed by atoms with Crippen molar-refractivity contribution in [1.82, 2.24) is 10.3 Å². The molecular formula is C14H29N3O. The third-order valence-corrected chi connectivity index (χ3v) is 4.71. The number of likely N-dealkylation sites (tertiary alicyclic amines) is 1. The lowest BCUT2D eigenvalue weighted by atomic mass is 9.74. The molecule has 0 saturated carbocycles. The smallest absolute Gasteiger partial charge is 0.233 e. The molecule has 4 heteroatoms. The fraction of sp³-hybridized carbons (Fsp3) is 0.929. The van der Waals surface area contributed by atoms with Crippen molar-refractivity contribution in [3.05, 3.63) is 0 Å². The van der Waals surface area contributed by atoms with Crippen LogP contribution in [0.2, 0.25) is 0 Å². The van der Waals surface area contributed by atoms with E-state index in [1.54, 1.807) is 0 Å². The molecule has 3 N–H and O–H groups in total. The van der Waals surface area contributed by atoms with Crippen LogP contribution in [-0.4, -0.2) is 30.4 Å². The molecule has 1 saturated heterocycles. The van der Waals surface area contributed by atoms with Gasteiger partial charge in [0.2, 0.25) is 5.91 Å². The van der Waals surface area contributed by atoms with Gasteiger partial charge in [-0.2, -0.15) is 0 Å². The van der Waals surface area contributed by atoms with Crippen molar-refractivity contribution in [1.29, 1.82) is 0 Å². The topological polar surface area (TPSA) is 58.4 Å². The SMILES string of the molecule is CCC1(CC)CCN(CCCCC(=O)NN)CC1. The number of rotatable bonds is 7. The molecule has 1 amide bonds. The van der Waals surface area contributed by atoms with Crippen LogP contribution in [0.15, 0.2) is 0 Å². The first-order valence-corrected chi connectivity index (χ1v) is 7.37. The van der Waals surface area contributed by atoms with E-state index in [9.17, 15) is 4.79 Å². The van der Waals surface area contributed by atoms with Crippen LogP contribution in [0.25, 0.3) is 0 Å². The Bertz CT molecular complexity index is 241. The lowest BCUT2D eigenvalue weighted by molar-refractivity contribution is -0.121. The molecular weight excluding hydrogens is 226 g/mol. The van der Waals surface area contributed by atoms with Gasteiger partial charge in [-0.05, 0) is 50.7 Å². The second kappa shape index (κ2) is 7.74. The fourth-order valence-electron chi connectivity index (χ4n) is 2.90. The minimum Gasteiger partial charge on any atom is -0.303 e. The van der Waals surface area contributed by atoms with E-state index in [4.69, 9.17) is 5.84 Å². The predicted octanol–water partition coefficient (Wildman–Crippen LogP) is 2.05. The van der Waals surface area contributed by atoms with Crippen molar-refractivity contribution in [2.24, 2.45) is 11.3 Å². The highest BCUT2D eigenvalue weighted by Gasteiger charge is 2.30. The Hall–Kier alpha value is -0.610. The molecule has 1 rings (SSSR count).